The normalized spacial score (nSPS) is 12.3. The summed E-state index contributed by atoms with van der Waals surface area (Å²) < 4.78 is 86.2. The highest BCUT2D eigenvalue weighted by Gasteiger charge is 2.30. The van der Waals surface area contributed by atoms with Crippen molar-refractivity contribution in [1.82, 2.24) is 0 Å². The van der Waals surface area contributed by atoms with E-state index < -0.39 is 47.0 Å². The van der Waals surface area contributed by atoms with Gasteiger partial charge in [-0.25, -0.2) is 18.0 Å². The molecule has 0 saturated carbocycles. The summed E-state index contributed by atoms with van der Waals surface area (Å²) in [4.78, 5) is 11.6. The number of hydrogen-bond acceptors (Lipinski definition) is 3. The molecule has 1 unspecified atom stereocenters. The molecule has 0 bridgehead atoms. The van der Waals surface area contributed by atoms with E-state index in [1.807, 2.05) is 0 Å². The van der Waals surface area contributed by atoms with E-state index in [1.54, 1.807) is 55.5 Å². The maximum absolute atomic E-state index is 13.9. The standard InChI is InChI=1S/C30H22F6O3S/c1-17-11-23(9-10-26(17)39-16-28(37)38)40-27(14-18-12-24(31)29(33)25(32)13-18)20-7-5-19(6-8-20)21-3-2-4-22(15-21)30(34,35)36/h2-13,15,27H,14,16H2,1H3,(H,37,38). The molecule has 1 N–H and O–H groups in total. The fourth-order valence-corrected chi connectivity index (χ4v) is 5.38. The lowest BCUT2D eigenvalue weighted by Crippen LogP contribution is -2.10. The smallest absolute Gasteiger partial charge is 0.416 e. The molecule has 10 heteroatoms. The average Bonchev–Trinajstić information content (AvgIpc) is 2.90. The number of halogens is 6. The zero-order chi connectivity index (χ0) is 29.0. The van der Waals surface area contributed by atoms with Crippen LogP contribution in [0, 0.1) is 24.4 Å². The van der Waals surface area contributed by atoms with Crippen molar-refractivity contribution in [3.05, 3.63) is 119 Å². The zero-order valence-corrected chi connectivity index (χ0v) is 21.8. The van der Waals surface area contributed by atoms with Crippen molar-refractivity contribution in [1.29, 1.82) is 0 Å². The third-order valence-electron chi connectivity index (χ3n) is 6.05. The van der Waals surface area contributed by atoms with Gasteiger partial charge in [-0.15, -0.1) is 11.8 Å². The molecule has 4 rings (SSSR count). The molecular weight excluding hydrogens is 554 g/mol. The van der Waals surface area contributed by atoms with Gasteiger partial charge in [-0.2, -0.15) is 13.2 Å². The van der Waals surface area contributed by atoms with E-state index in [-0.39, 0.29) is 12.0 Å². The first-order valence-electron chi connectivity index (χ1n) is 11.9. The molecule has 3 nitrogen and oxygen atoms in total. The van der Waals surface area contributed by atoms with Crippen LogP contribution in [-0.2, 0) is 17.4 Å². The number of rotatable bonds is 9. The number of carbonyl (C=O) groups is 1. The van der Waals surface area contributed by atoms with Gasteiger partial charge in [-0.3, -0.25) is 0 Å². The predicted molar refractivity (Wildman–Crippen MR) is 140 cm³/mol. The molecule has 0 aliphatic heterocycles. The Morgan fingerprint density at radius 2 is 1.57 bits per heavy atom. The Morgan fingerprint density at radius 3 is 2.17 bits per heavy atom. The Kier molecular flexibility index (Phi) is 8.78. The van der Waals surface area contributed by atoms with E-state index in [9.17, 15) is 31.1 Å². The maximum atomic E-state index is 13.9. The van der Waals surface area contributed by atoms with Crippen LogP contribution in [-0.4, -0.2) is 17.7 Å². The van der Waals surface area contributed by atoms with Gasteiger partial charge >= 0.3 is 12.1 Å². The Hall–Kier alpha value is -3.92. The lowest BCUT2D eigenvalue weighted by atomic mass is 9.98. The average molecular weight is 577 g/mol. The first kappa shape index (κ1) is 29.1. The third kappa shape index (κ3) is 7.18. The molecule has 4 aromatic carbocycles. The van der Waals surface area contributed by atoms with Crippen LogP contribution in [0.3, 0.4) is 0 Å². The molecule has 0 fully saturated rings. The van der Waals surface area contributed by atoms with E-state index in [1.165, 1.54) is 17.8 Å². The van der Waals surface area contributed by atoms with E-state index in [4.69, 9.17) is 9.84 Å². The fraction of sp³-hybridized carbons (Fsp3) is 0.167. The molecule has 0 saturated heterocycles. The highest BCUT2D eigenvalue weighted by atomic mass is 32.2. The molecule has 208 valence electrons. The van der Waals surface area contributed by atoms with E-state index >= 15 is 0 Å². The van der Waals surface area contributed by atoms with Crippen molar-refractivity contribution in [3.8, 4) is 16.9 Å². The Bertz CT molecular complexity index is 1500. The largest absolute Gasteiger partial charge is 0.482 e. The molecule has 40 heavy (non-hydrogen) atoms. The van der Waals surface area contributed by atoms with Crippen LogP contribution in [0.2, 0.25) is 0 Å². The van der Waals surface area contributed by atoms with Gasteiger partial charge in [0.2, 0.25) is 0 Å². The number of carboxylic acid groups (broad SMARTS) is 1. The van der Waals surface area contributed by atoms with E-state index in [2.05, 4.69) is 0 Å². The molecular formula is C30H22F6O3S. The zero-order valence-electron chi connectivity index (χ0n) is 20.9. The SMILES string of the molecule is Cc1cc(SC(Cc2cc(F)c(F)c(F)c2)c2ccc(-c3cccc(C(F)(F)F)c3)cc2)ccc1OCC(=O)O. The van der Waals surface area contributed by atoms with E-state index in [0.717, 1.165) is 34.7 Å². The van der Waals surface area contributed by atoms with Crippen LogP contribution in [0.25, 0.3) is 11.1 Å². The molecule has 0 radical (unpaired) electrons. The number of benzene rings is 4. The van der Waals surface area contributed by atoms with Crippen molar-refractivity contribution in [3.63, 3.8) is 0 Å². The predicted octanol–water partition coefficient (Wildman–Crippen LogP) is 8.64. The summed E-state index contributed by atoms with van der Waals surface area (Å²) in [6.45, 7) is 1.24. The lowest BCUT2D eigenvalue weighted by molar-refractivity contribution is -0.139. The van der Waals surface area contributed by atoms with Crippen LogP contribution >= 0.6 is 11.8 Å². The van der Waals surface area contributed by atoms with Gasteiger partial charge in [0.15, 0.2) is 24.1 Å². The number of aryl methyl sites for hydroxylation is 1. The summed E-state index contributed by atoms with van der Waals surface area (Å²) in [5.41, 5.74) is 1.76. The summed E-state index contributed by atoms with van der Waals surface area (Å²) >= 11 is 1.35. The van der Waals surface area contributed by atoms with Gasteiger partial charge in [0.1, 0.15) is 5.75 Å². The Balaban J connectivity index is 1.65. The number of thioether (sulfide) groups is 1. The minimum Gasteiger partial charge on any atom is -0.482 e. The second-order valence-corrected chi connectivity index (χ2v) is 10.3. The van der Waals surface area contributed by atoms with Gasteiger partial charge in [0.25, 0.3) is 0 Å². The van der Waals surface area contributed by atoms with Crippen LogP contribution in [0.15, 0.2) is 83.8 Å². The molecule has 1 atom stereocenters. The molecule has 0 spiro atoms. The topological polar surface area (TPSA) is 46.5 Å². The maximum Gasteiger partial charge on any atom is 0.416 e. The van der Waals surface area contributed by atoms with E-state index in [0.29, 0.717) is 22.4 Å². The van der Waals surface area contributed by atoms with Crippen LogP contribution in [0.4, 0.5) is 26.3 Å². The Morgan fingerprint density at radius 1 is 0.900 bits per heavy atom. The molecule has 4 aromatic rings. The van der Waals surface area contributed by atoms with Gasteiger partial charge in [-0.05, 0) is 83.6 Å². The fourth-order valence-electron chi connectivity index (χ4n) is 4.09. The quantitative estimate of drug-likeness (QED) is 0.123. The molecule has 0 amide bonds. The molecule has 0 heterocycles. The van der Waals surface area contributed by atoms with Gasteiger partial charge in [0, 0.05) is 10.1 Å². The third-order valence-corrected chi connectivity index (χ3v) is 7.30. The minimum absolute atomic E-state index is 0.109. The molecule has 0 aliphatic rings. The van der Waals surface area contributed by atoms with Crippen LogP contribution < -0.4 is 4.74 Å². The van der Waals surface area contributed by atoms with Gasteiger partial charge < -0.3 is 9.84 Å². The number of carboxylic acids is 1. The number of ether oxygens (including phenoxy) is 1. The summed E-state index contributed by atoms with van der Waals surface area (Å²) in [5, 5.41) is 8.42. The summed E-state index contributed by atoms with van der Waals surface area (Å²) in [6, 6.07) is 18.7. The molecule has 0 aromatic heterocycles. The highest BCUT2D eigenvalue weighted by molar-refractivity contribution is 7.99. The summed E-state index contributed by atoms with van der Waals surface area (Å²) in [5.74, 6) is -4.92. The minimum atomic E-state index is -4.48. The van der Waals surface area contributed by atoms with Crippen molar-refractivity contribution in [2.24, 2.45) is 0 Å². The van der Waals surface area contributed by atoms with Crippen LogP contribution in [0.1, 0.15) is 27.5 Å². The second-order valence-electron chi connectivity index (χ2n) is 8.99. The highest BCUT2D eigenvalue weighted by Crippen LogP contribution is 2.40. The van der Waals surface area contributed by atoms with Crippen molar-refractivity contribution >= 4 is 17.7 Å². The summed E-state index contributed by atoms with van der Waals surface area (Å²) in [6.07, 6.45) is -4.37. The first-order chi connectivity index (χ1) is 18.9. The monoisotopic (exact) mass is 576 g/mol. The number of aliphatic carboxylic acids is 1. The first-order valence-corrected chi connectivity index (χ1v) is 12.8. The number of hydrogen-bond donors (Lipinski definition) is 1. The molecule has 0 aliphatic carbocycles. The Labute approximate surface area is 230 Å². The lowest BCUT2D eigenvalue weighted by Gasteiger charge is -2.19. The van der Waals surface area contributed by atoms with Crippen LogP contribution in [0.5, 0.6) is 5.75 Å². The van der Waals surface area contributed by atoms with Gasteiger partial charge in [0.05, 0.1) is 5.56 Å². The van der Waals surface area contributed by atoms with Crippen molar-refractivity contribution in [2.75, 3.05) is 6.61 Å². The second kappa shape index (κ2) is 12.1. The van der Waals surface area contributed by atoms with Crippen molar-refractivity contribution < 1.29 is 41.0 Å². The number of alkyl halides is 3. The van der Waals surface area contributed by atoms with Gasteiger partial charge in [-0.1, -0.05) is 36.4 Å². The van der Waals surface area contributed by atoms with Crippen molar-refractivity contribution in [2.45, 2.75) is 29.7 Å². The summed E-state index contributed by atoms with van der Waals surface area (Å²) in [7, 11) is 0.